The Morgan fingerprint density at radius 2 is 0.719 bits per heavy atom. The first-order chi connectivity index (χ1) is 47.1. The molecule has 0 aromatic heterocycles. The zero-order valence-corrected chi connectivity index (χ0v) is 60.3. The highest BCUT2D eigenvalue weighted by atomic mass is 16.7. The van der Waals surface area contributed by atoms with Crippen molar-refractivity contribution in [3.8, 4) is 0 Å². The Morgan fingerprint density at radius 1 is 0.385 bits per heavy atom. The molecule has 0 aromatic rings. The lowest BCUT2D eigenvalue weighted by Crippen LogP contribution is -2.65. The van der Waals surface area contributed by atoms with Gasteiger partial charge in [-0.15, -0.1) is 0 Å². The van der Waals surface area contributed by atoms with Gasteiger partial charge in [-0.05, 0) is 89.9 Å². The average molecular weight is 1350 g/mol. The van der Waals surface area contributed by atoms with Crippen molar-refractivity contribution in [2.75, 3.05) is 19.8 Å². The molecular weight excluding hydrogens is 1210 g/mol. The van der Waals surface area contributed by atoms with Gasteiger partial charge in [0, 0.05) is 6.42 Å². The average Bonchev–Trinajstić information content (AvgIpc) is 0.806. The Hall–Kier alpha value is -3.61. The highest BCUT2D eigenvalue weighted by Crippen LogP contribution is 2.30. The van der Waals surface area contributed by atoms with E-state index >= 15 is 0 Å². The summed E-state index contributed by atoms with van der Waals surface area (Å²) in [6.45, 7) is 2.77. The van der Waals surface area contributed by atoms with Gasteiger partial charge in [-0.25, -0.2) is 0 Å². The van der Waals surface area contributed by atoms with Gasteiger partial charge in [0.25, 0.3) is 0 Å². The van der Waals surface area contributed by atoms with Gasteiger partial charge in [0.2, 0.25) is 5.91 Å². The van der Waals surface area contributed by atoms with E-state index in [2.05, 4.69) is 141 Å². The van der Waals surface area contributed by atoms with Gasteiger partial charge in [-0.1, -0.05) is 322 Å². The van der Waals surface area contributed by atoms with Crippen molar-refractivity contribution in [1.82, 2.24) is 5.32 Å². The number of amides is 1. The Labute approximate surface area is 584 Å². The van der Waals surface area contributed by atoms with Gasteiger partial charge in [0.1, 0.15) is 48.8 Å². The minimum Gasteiger partial charge on any atom is -0.394 e. The topological polar surface area (TPSA) is 228 Å². The van der Waals surface area contributed by atoms with Crippen LogP contribution in [-0.4, -0.2) is 140 Å². The Kier molecular flexibility index (Phi) is 59.7. The van der Waals surface area contributed by atoms with Gasteiger partial charge in [-0.3, -0.25) is 4.79 Å². The number of hydrogen-bond acceptors (Lipinski definition) is 13. The number of nitrogens with one attached hydrogen (secondary N) is 1. The summed E-state index contributed by atoms with van der Waals surface area (Å²) in [5.74, 6) is -0.217. The molecule has 2 rings (SSSR count). The van der Waals surface area contributed by atoms with Crippen LogP contribution in [0.1, 0.15) is 296 Å². The van der Waals surface area contributed by atoms with Crippen LogP contribution in [0.4, 0.5) is 0 Å². The van der Waals surface area contributed by atoms with Crippen LogP contribution in [0.25, 0.3) is 0 Å². The van der Waals surface area contributed by atoms with E-state index in [1.54, 1.807) is 0 Å². The van der Waals surface area contributed by atoms with E-state index in [9.17, 15) is 45.6 Å². The van der Waals surface area contributed by atoms with Crippen molar-refractivity contribution in [3.05, 3.63) is 122 Å². The maximum absolute atomic E-state index is 13.4. The molecule has 12 atom stereocenters. The molecule has 14 nitrogen and oxygen atoms in total. The summed E-state index contributed by atoms with van der Waals surface area (Å²) in [6.07, 6.45) is 77.8. The molecule has 2 saturated heterocycles. The van der Waals surface area contributed by atoms with Gasteiger partial charge in [0.05, 0.1) is 32.0 Å². The summed E-state index contributed by atoms with van der Waals surface area (Å²) in [7, 11) is 0. The Balaban J connectivity index is 1.63. The summed E-state index contributed by atoms with van der Waals surface area (Å²) in [5.41, 5.74) is 0. The number of allylic oxidation sites excluding steroid dienone is 20. The van der Waals surface area contributed by atoms with E-state index in [4.69, 9.17) is 18.9 Å². The molecular formula is C82H141NO13. The van der Waals surface area contributed by atoms with Crippen molar-refractivity contribution in [1.29, 1.82) is 0 Å². The van der Waals surface area contributed by atoms with Crippen LogP contribution < -0.4 is 5.32 Å². The lowest BCUT2D eigenvalue weighted by Gasteiger charge is -2.46. The fourth-order valence-corrected chi connectivity index (χ4v) is 12.1. The number of rotatable bonds is 63. The summed E-state index contributed by atoms with van der Waals surface area (Å²) >= 11 is 0. The van der Waals surface area contributed by atoms with Crippen LogP contribution in [0, 0.1) is 0 Å². The van der Waals surface area contributed by atoms with E-state index in [-0.39, 0.29) is 18.9 Å². The van der Waals surface area contributed by atoms with Crippen molar-refractivity contribution in [2.45, 2.75) is 370 Å². The van der Waals surface area contributed by atoms with Crippen LogP contribution in [0.2, 0.25) is 0 Å². The Bertz CT molecular complexity index is 2080. The highest BCUT2D eigenvalue weighted by molar-refractivity contribution is 5.76. The molecule has 0 aromatic carbocycles. The fraction of sp³-hybridized carbons (Fsp3) is 0.744. The number of aliphatic hydroxyl groups is 8. The largest absolute Gasteiger partial charge is 0.394 e. The third-order valence-electron chi connectivity index (χ3n) is 18.2. The van der Waals surface area contributed by atoms with E-state index in [1.165, 1.54) is 141 Å². The third kappa shape index (κ3) is 47.4. The SMILES string of the molecule is CC/C=C\C/C=C\C/C=C\C/C=C\C/C=C\C/C=C\C/C=C\C/C=C\C/C=C\C/C=C\CCCCCCCCCCC(=O)NC(COC1OC(CO)C(OC2OC(CO)C(O)C(O)C2O)C(O)C1O)C(O)CCCCCCCCCCCCCCCCCCCCCCCCC. The molecule has 2 aliphatic rings. The van der Waals surface area contributed by atoms with Crippen LogP contribution in [0.5, 0.6) is 0 Å². The lowest BCUT2D eigenvalue weighted by molar-refractivity contribution is -0.359. The number of ether oxygens (including phenoxy) is 4. The molecule has 1 amide bonds. The monoisotopic (exact) mass is 1350 g/mol. The molecule has 12 unspecified atom stereocenters. The van der Waals surface area contributed by atoms with E-state index in [1.807, 2.05) is 0 Å². The second-order valence-electron chi connectivity index (χ2n) is 26.8. The molecule has 2 heterocycles. The van der Waals surface area contributed by atoms with Crippen molar-refractivity contribution < 1.29 is 64.6 Å². The van der Waals surface area contributed by atoms with Crippen LogP contribution in [0.3, 0.4) is 0 Å². The molecule has 96 heavy (non-hydrogen) atoms. The van der Waals surface area contributed by atoms with Crippen molar-refractivity contribution in [3.63, 3.8) is 0 Å². The first-order valence-electron chi connectivity index (χ1n) is 38.8. The minimum absolute atomic E-state index is 0.217. The quantitative estimate of drug-likeness (QED) is 0.0204. The van der Waals surface area contributed by atoms with Gasteiger partial charge >= 0.3 is 0 Å². The molecule has 2 aliphatic heterocycles. The summed E-state index contributed by atoms with van der Waals surface area (Å²) in [4.78, 5) is 13.4. The first kappa shape index (κ1) is 88.5. The molecule has 0 aliphatic carbocycles. The van der Waals surface area contributed by atoms with E-state index in [0.717, 1.165) is 122 Å². The molecule has 0 spiro atoms. The smallest absolute Gasteiger partial charge is 0.220 e. The minimum atomic E-state index is -1.79. The van der Waals surface area contributed by atoms with E-state index < -0.39 is 86.8 Å². The molecule has 0 bridgehead atoms. The number of carbonyl (C=O) groups is 1. The number of aliphatic hydroxyl groups excluding tert-OH is 8. The molecule has 14 heteroatoms. The zero-order chi connectivity index (χ0) is 69.4. The standard InChI is InChI=1S/C82H141NO13/c1-3-5-7-9-11-13-15-17-19-21-23-25-27-28-29-30-31-32-33-34-35-36-37-38-39-40-41-42-44-46-48-50-52-54-56-58-60-62-64-66-74(87)83-70(69-93-81-79(92)77(90)80(73(68-85)95-81)96-82-78(91)76(89)75(88)72(67-84)94-82)71(86)65-63-61-59-57-55-53-51-49-47-45-43-26-24-22-20-18-16-14-12-10-8-6-4-2/h5,7,11,13,17,19,23,25,28-29,31-32,34-35,37-38,40-41,44,46,70-73,75-82,84-86,88-92H,3-4,6,8-10,12,14-16,18,20-22,24,26-27,30,33,36,39,42-43,45,47-69H2,1-2H3,(H,83,87)/b7-5-,13-11-,19-17-,25-23-,29-28-,32-31-,35-34-,38-37-,41-40-,46-44-. The predicted molar refractivity (Wildman–Crippen MR) is 396 cm³/mol. The van der Waals surface area contributed by atoms with Gasteiger partial charge < -0.3 is 65.1 Å². The molecule has 552 valence electrons. The molecule has 2 fully saturated rings. The van der Waals surface area contributed by atoms with E-state index in [0.29, 0.717) is 12.8 Å². The predicted octanol–water partition coefficient (Wildman–Crippen LogP) is 17.2. The number of hydrogen-bond donors (Lipinski definition) is 9. The van der Waals surface area contributed by atoms with Crippen LogP contribution in [0.15, 0.2) is 122 Å². The summed E-state index contributed by atoms with van der Waals surface area (Å²) in [6, 6.07) is -0.843. The maximum atomic E-state index is 13.4. The van der Waals surface area contributed by atoms with Crippen molar-refractivity contribution in [2.24, 2.45) is 0 Å². The third-order valence-corrected chi connectivity index (χ3v) is 18.2. The second kappa shape index (κ2) is 64.7. The molecule has 0 radical (unpaired) electrons. The Morgan fingerprint density at radius 3 is 1.10 bits per heavy atom. The lowest BCUT2D eigenvalue weighted by atomic mass is 9.97. The molecule has 9 N–H and O–H groups in total. The maximum Gasteiger partial charge on any atom is 0.220 e. The van der Waals surface area contributed by atoms with Gasteiger partial charge in [-0.2, -0.15) is 0 Å². The van der Waals surface area contributed by atoms with Crippen molar-refractivity contribution >= 4 is 5.91 Å². The highest BCUT2D eigenvalue weighted by Gasteiger charge is 2.51. The van der Waals surface area contributed by atoms with Gasteiger partial charge in [0.15, 0.2) is 12.6 Å². The first-order valence-corrected chi connectivity index (χ1v) is 38.8. The number of carbonyl (C=O) groups excluding carboxylic acids is 1. The second-order valence-corrected chi connectivity index (χ2v) is 26.8. The van der Waals surface area contributed by atoms with Crippen LogP contribution >= 0.6 is 0 Å². The molecule has 0 saturated carbocycles. The number of unbranched alkanes of at least 4 members (excludes halogenated alkanes) is 30. The summed E-state index contributed by atoms with van der Waals surface area (Å²) < 4.78 is 22.9. The van der Waals surface area contributed by atoms with Crippen LogP contribution in [-0.2, 0) is 23.7 Å². The summed E-state index contributed by atoms with van der Waals surface area (Å²) in [5, 5.41) is 87.8. The fourth-order valence-electron chi connectivity index (χ4n) is 12.1. The zero-order valence-electron chi connectivity index (χ0n) is 60.3. The normalized spacial score (nSPS) is 22.9.